The zero-order valence-electron chi connectivity index (χ0n) is 24.4. The number of benzene rings is 2. The summed E-state index contributed by atoms with van der Waals surface area (Å²) in [5.74, 6) is 1.48. The van der Waals surface area contributed by atoms with Gasteiger partial charge in [-0.25, -0.2) is 15.0 Å². The van der Waals surface area contributed by atoms with Crippen LogP contribution in [0.3, 0.4) is 0 Å². The Kier molecular flexibility index (Phi) is 7.77. The van der Waals surface area contributed by atoms with Gasteiger partial charge in [0.1, 0.15) is 11.4 Å². The van der Waals surface area contributed by atoms with Gasteiger partial charge >= 0.3 is 0 Å². The summed E-state index contributed by atoms with van der Waals surface area (Å²) in [6, 6.07) is 14.2. The first-order valence-corrected chi connectivity index (χ1v) is 14.3. The topological polar surface area (TPSA) is 104 Å². The lowest BCUT2D eigenvalue weighted by Crippen LogP contribution is -2.49. The number of amides is 1. The van der Waals surface area contributed by atoms with E-state index in [0.29, 0.717) is 34.8 Å². The number of ether oxygens (including phenoxy) is 1. The number of imidazole rings is 1. The third kappa shape index (κ3) is 5.53. The molecular formula is C31H37N9O2. The molecule has 4 heterocycles. The van der Waals surface area contributed by atoms with E-state index in [0.717, 1.165) is 68.2 Å². The summed E-state index contributed by atoms with van der Waals surface area (Å²) in [7, 11) is 5.79. The summed E-state index contributed by atoms with van der Waals surface area (Å²) in [6.45, 7) is 9.76. The Morgan fingerprint density at radius 1 is 1.05 bits per heavy atom. The second-order valence-corrected chi connectivity index (χ2v) is 10.9. The van der Waals surface area contributed by atoms with Crippen LogP contribution in [0.5, 0.6) is 5.75 Å². The van der Waals surface area contributed by atoms with Gasteiger partial charge in [0.15, 0.2) is 5.82 Å². The van der Waals surface area contributed by atoms with Crippen LogP contribution in [0.25, 0.3) is 22.6 Å². The van der Waals surface area contributed by atoms with Gasteiger partial charge in [0.05, 0.1) is 35.2 Å². The number of aromatic nitrogens is 4. The molecule has 0 radical (unpaired) electrons. The highest BCUT2D eigenvalue weighted by molar-refractivity contribution is 6.02. The van der Waals surface area contributed by atoms with E-state index in [1.165, 1.54) is 6.08 Å². The molecule has 4 aromatic rings. The van der Waals surface area contributed by atoms with Crippen LogP contribution in [-0.4, -0.2) is 94.7 Å². The average molecular weight is 568 g/mol. The number of aryl methyl sites for hydroxylation is 1. The van der Waals surface area contributed by atoms with Crippen LogP contribution >= 0.6 is 0 Å². The van der Waals surface area contributed by atoms with Crippen LogP contribution in [0, 0.1) is 0 Å². The number of para-hydroxylation sites is 2. The van der Waals surface area contributed by atoms with Gasteiger partial charge < -0.3 is 29.7 Å². The molecule has 2 aromatic heterocycles. The molecule has 6 rings (SSSR count). The molecule has 2 fully saturated rings. The quantitative estimate of drug-likeness (QED) is 0.308. The summed E-state index contributed by atoms with van der Waals surface area (Å²) in [5.41, 5.74) is 4.84. The van der Waals surface area contributed by atoms with Crippen molar-refractivity contribution in [3.05, 3.63) is 61.3 Å². The number of carbonyl (C=O) groups is 1. The second-order valence-electron chi connectivity index (χ2n) is 10.9. The first-order chi connectivity index (χ1) is 20.4. The summed E-state index contributed by atoms with van der Waals surface area (Å²) in [5, 5.41) is 6.31. The Morgan fingerprint density at radius 2 is 1.86 bits per heavy atom. The van der Waals surface area contributed by atoms with E-state index < -0.39 is 0 Å². The molecular weight excluding hydrogens is 530 g/mol. The molecule has 11 heteroatoms. The number of likely N-dealkylation sites (N-methyl/N-ethyl adjacent to an activating group) is 1. The van der Waals surface area contributed by atoms with Crippen LogP contribution in [0.4, 0.5) is 23.0 Å². The minimum atomic E-state index is -0.276. The zero-order valence-corrected chi connectivity index (χ0v) is 24.4. The van der Waals surface area contributed by atoms with E-state index in [4.69, 9.17) is 14.7 Å². The van der Waals surface area contributed by atoms with Crippen molar-refractivity contribution in [2.24, 2.45) is 7.05 Å². The predicted molar refractivity (Wildman–Crippen MR) is 167 cm³/mol. The molecule has 0 unspecified atom stereocenters. The molecule has 1 amide bonds. The number of carbonyl (C=O) groups excluding carboxylic acids is 1. The van der Waals surface area contributed by atoms with Crippen molar-refractivity contribution in [1.29, 1.82) is 0 Å². The third-order valence-electron chi connectivity index (χ3n) is 8.24. The Balaban J connectivity index is 1.29. The highest BCUT2D eigenvalue weighted by Crippen LogP contribution is 2.40. The van der Waals surface area contributed by atoms with Gasteiger partial charge in [-0.1, -0.05) is 18.7 Å². The van der Waals surface area contributed by atoms with Crippen molar-refractivity contribution in [2.45, 2.75) is 12.5 Å². The van der Waals surface area contributed by atoms with Crippen molar-refractivity contribution < 1.29 is 9.53 Å². The van der Waals surface area contributed by atoms with E-state index >= 15 is 0 Å². The first kappa shape index (κ1) is 27.7. The van der Waals surface area contributed by atoms with Gasteiger partial charge in [0, 0.05) is 64.6 Å². The smallest absolute Gasteiger partial charge is 0.247 e. The average Bonchev–Trinajstić information content (AvgIpc) is 3.63. The molecule has 42 heavy (non-hydrogen) atoms. The van der Waals surface area contributed by atoms with Gasteiger partial charge in [0.25, 0.3) is 0 Å². The fourth-order valence-corrected chi connectivity index (χ4v) is 5.87. The molecule has 0 spiro atoms. The van der Waals surface area contributed by atoms with Crippen molar-refractivity contribution in [1.82, 2.24) is 29.3 Å². The fourth-order valence-electron chi connectivity index (χ4n) is 5.87. The lowest BCUT2D eigenvalue weighted by atomic mass is 10.2. The molecule has 11 nitrogen and oxygen atoms in total. The molecule has 2 N–H and O–H groups in total. The van der Waals surface area contributed by atoms with Crippen LogP contribution < -0.4 is 20.3 Å². The maximum atomic E-state index is 12.5. The summed E-state index contributed by atoms with van der Waals surface area (Å²) >= 11 is 0. The first-order valence-electron chi connectivity index (χ1n) is 14.3. The van der Waals surface area contributed by atoms with Gasteiger partial charge in [-0.3, -0.25) is 9.69 Å². The van der Waals surface area contributed by atoms with Gasteiger partial charge in [-0.05, 0) is 43.8 Å². The van der Waals surface area contributed by atoms with E-state index in [-0.39, 0.29) is 5.91 Å². The Morgan fingerprint density at radius 3 is 2.62 bits per heavy atom. The highest BCUT2D eigenvalue weighted by Gasteiger charge is 2.31. The monoisotopic (exact) mass is 567 g/mol. The number of hydrogen-bond acceptors (Lipinski definition) is 9. The molecule has 2 saturated heterocycles. The van der Waals surface area contributed by atoms with Gasteiger partial charge in [-0.15, -0.1) is 0 Å². The standard InChI is InChI=1S/C31H37N9O2/c1-5-29(41)33-24-18-25(28(42-4)19-27(24)40-13-11-21(20-40)39-16-14-37(2)15-17-39)36-31-32-12-10-23(35-31)30-34-22-8-6-7-9-26(22)38(30)3/h5-10,12,18-19,21H,1,11,13-17,20H2,2-4H3,(H,33,41)(H,32,35,36)/t21-/m1/s1. The van der Waals surface area contributed by atoms with Crippen LogP contribution in [-0.2, 0) is 11.8 Å². The van der Waals surface area contributed by atoms with Crippen molar-refractivity contribution in [3.63, 3.8) is 0 Å². The zero-order chi connectivity index (χ0) is 29.2. The number of methoxy groups -OCH3 is 1. The van der Waals surface area contributed by atoms with Crippen molar-refractivity contribution in [3.8, 4) is 17.3 Å². The molecule has 218 valence electrons. The van der Waals surface area contributed by atoms with E-state index in [1.807, 2.05) is 54.1 Å². The van der Waals surface area contributed by atoms with Gasteiger partial charge in [0.2, 0.25) is 11.9 Å². The molecule has 2 aromatic carbocycles. The second kappa shape index (κ2) is 11.8. The molecule has 0 saturated carbocycles. The normalized spacial score (nSPS) is 17.9. The summed E-state index contributed by atoms with van der Waals surface area (Å²) in [4.78, 5) is 33.8. The van der Waals surface area contributed by atoms with Crippen LogP contribution in [0.1, 0.15) is 6.42 Å². The summed E-state index contributed by atoms with van der Waals surface area (Å²) in [6.07, 6.45) is 4.05. The lowest BCUT2D eigenvalue weighted by Gasteiger charge is -2.36. The maximum Gasteiger partial charge on any atom is 0.247 e. The minimum Gasteiger partial charge on any atom is -0.494 e. The molecule has 2 aliphatic heterocycles. The molecule has 0 aliphatic carbocycles. The highest BCUT2D eigenvalue weighted by atomic mass is 16.5. The lowest BCUT2D eigenvalue weighted by molar-refractivity contribution is -0.111. The number of piperazine rings is 1. The predicted octanol–water partition coefficient (Wildman–Crippen LogP) is 3.73. The molecule has 1 atom stereocenters. The third-order valence-corrected chi connectivity index (χ3v) is 8.24. The van der Waals surface area contributed by atoms with Gasteiger partial charge in [-0.2, -0.15) is 0 Å². The SMILES string of the molecule is C=CC(=O)Nc1cc(Nc2nccc(-c3nc4ccccc4n3C)n2)c(OC)cc1N1CC[C@@H](N2CCN(C)CC2)C1. The molecule has 2 aliphatic rings. The molecule has 0 bridgehead atoms. The van der Waals surface area contributed by atoms with E-state index in [9.17, 15) is 4.79 Å². The number of rotatable bonds is 8. The van der Waals surface area contributed by atoms with Crippen LogP contribution in [0.2, 0.25) is 0 Å². The van der Waals surface area contributed by atoms with Crippen molar-refractivity contribution in [2.75, 3.05) is 69.0 Å². The van der Waals surface area contributed by atoms with E-state index in [1.54, 1.807) is 13.3 Å². The van der Waals surface area contributed by atoms with Crippen molar-refractivity contribution >= 4 is 40.0 Å². The number of nitrogens with one attached hydrogen (secondary N) is 2. The largest absolute Gasteiger partial charge is 0.494 e. The van der Waals surface area contributed by atoms with Crippen LogP contribution in [0.15, 0.2) is 61.3 Å². The summed E-state index contributed by atoms with van der Waals surface area (Å²) < 4.78 is 7.84. The number of anilines is 4. The Bertz CT molecular complexity index is 1610. The Labute approximate surface area is 245 Å². The minimum absolute atomic E-state index is 0.276. The Hall–Kier alpha value is -4.48. The number of nitrogens with zero attached hydrogens (tertiary/aromatic N) is 7. The van der Waals surface area contributed by atoms with E-state index in [2.05, 4.69) is 43.9 Å². The number of fused-ring (bicyclic) bond motifs is 1. The maximum absolute atomic E-state index is 12.5. The fraction of sp³-hybridized carbons (Fsp3) is 0.355. The number of hydrogen-bond donors (Lipinski definition) is 2.